The Morgan fingerprint density at radius 1 is 1.11 bits per heavy atom. The number of piperidine rings is 1. The van der Waals surface area contributed by atoms with Gasteiger partial charge in [-0.3, -0.25) is 0 Å². The molecule has 0 atom stereocenters. The molecular weight excluding hydrogens is 374 g/mol. The van der Waals surface area contributed by atoms with Crippen molar-refractivity contribution in [3.63, 3.8) is 0 Å². The van der Waals surface area contributed by atoms with Gasteiger partial charge in [-0.2, -0.15) is 10.4 Å². The molecule has 8 heteroatoms. The summed E-state index contributed by atoms with van der Waals surface area (Å²) >= 11 is 0. The number of benzene rings is 1. The first kappa shape index (κ1) is 18.8. The van der Waals surface area contributed by atoms with Crippen LogP contribution in [-0.2, 0) is 22.9 Å². The zero-order valence-electron chi connectivity index (χ0n) is 15.6. The lowest BCUT2D eigenvalue weighted by Gasteiger charge is -2.33. The molecule has 0 unspecified atom stereocenters. The van der Waals surface area contributed by atoms with E-state index in [9.17, 15) is 8.42 Å². The number of nitrogens with zero attached hydrogens (tertiary/aromatic N) is 4. The number of nitriles is 1. The van der Waals surface area contributed by atoms with Gasteiger partial charge < -0.3 is 4.90 Å². The first-order valence-corrected chi connectivity index (χ1v) is 11.2. The molecule has 4 rings (SSSR count). The summed E-state index contributed by atoms with van der Waals surface area (Å²) in [5, 5.41) is 17.8. The molecule has 146 valence electrons. The van der Waals surface area contributed by atoms with E-state index in [0.717, 1.165) is 37.4 Å². The quantitative estimate of drug-likeness (QED) is 0.849. The first-order chi connectivity index (χ1) is 13.5. The van der Waals surface area contributed by atoms with Crippen LogP contribution in [0.15, 0.2) is 35.2 Å². The Balaban J connectivity index is 1.39. The number of hydrogen-bond donors (Lipinski definition) is 1. The minimum atomic E-state index is -3.63. The van der Waals surface area contributed by atoms with Crippen molar-refractivity contribution in [1.29, 1.82) is 5.26 Å². The predicted molar refractivity (Wildman–Crippen MR) is 105 cm³/mol. The van der Waals surface area contributed by atoms with Crippen molar-refractivity contribution in [2.24, 2.45) is 0 Å². The average Bonchev–Trinajstić information content (AvgIpc) is 2.74. The molecule has 7 nitrogen and oxygen atoms in total. The number of nitrogens with one attached hydrogen (secondary N) is 1. The van der Waals surface area contributed by atoms with Gasteiger partial charge in [0.1, 0.15) is 0 Å². The van der Waals surface area contributed by atoms with E-state index < -0.39 is 10.0 Å². The number of fused-ring (bicyclic) bond motifs is 1. The highest BCUT2D eigenvalue weighted by Gasteiger charge is 2.26. The van der Waals surface area contributed by atoms with Crippen LogP contribution >= 0.6 is 0 Å². The second-order valence-electron chi connectivity index (χ2n) is 7.40. The largest absolute Gasteiger partial charge is 0.355 e. The van der Waals surface area contributed by atoms with E-state index in [2.05, 4.69) is 25.9 Å². The van der Waals surface area contributed by atoms with Crippen LogP contribution in [0.2, 0.25) is 0 Å². The van der Waals surface area contributed by atoms with Gasteiger partial charge in [0.2, 0.25) is 10.0 Å². The Labute approximate surface area is 165 Å². The van der Waals surface area contributed by atoms with Gasteiger partial charge in [-0.15, -0.1) is 5.10 Å². The molecule has 0 bridgehead atoms. The third-order valence-corrected chi connectivity index (χ3v) is 6.99. The highest BCUT2D eigenvalue weighted by molar-refractivity contribution is 7.89. The van der Waals surface area contributed by atoms with Gasteiger partial charge in [-0.05, 0) is 68.4 Å². The zero-order valence-corrected chi connectivity index (χ0v) is 16.5. The maximum atomic E-state index is 12.6. The van der Waals surface area contributed by atoms with Crippen molar-refractivity contribution in [3.05, 3.63) is 47.2 Å². The predicted octanol–water partition coefficient (Wildman–Crippen LogP) is 2.17. The van der Waals surface area contributed by atoms with Crippen LogP contribution in [0.5, 0.6) is 0 Å². The maximum absolute atomic E-state index is 12.6. The summed E-state index contributed by atoms with van der Waals surface area (Å²) in [5.41, 5.74) is 2.76. The third kappa shape index (κ3) is 4.01. The number of rotatable bonds is 4. The second kappa shape index (κ2) is 7.86. The Kier molecular flexibility index (Phi) is 5.29. The third-order valence-electron chi connectivity index (χ3n) is 5.47. The van der Waals surface area contributed by atoms with Crippen LogP contribution in [0.25, 0.3) is 0 Å². The molecule has 1 aliphatic carbocycles. The van der Waals surface area contributed by atoms with Gasteiger partial charge >= 0.3 is 0 Å². The highest BCUT2D eigenvalue weighted by Crippen LogP contribution is 2.24. The fourth-order valence-electron chi connectivity index (χ4n) is 3.88. The highest BCUT2D eigenvalue weighted by atomic mass is 32.2. The smallest absolute Gasteiger partial charge is 0.240 e. The van der Waals surface area contributed by atoms with Gasteiger partial charge in [0.25, 0.3) is 0 Å². The zero-order chi connectivity index (χ0) is 19.6. The van der Waals surface area contributed by atoms with Crippen molar-refractivity contribution in [1.82, 2.24) is 14.9 Å². The van der Waals surface area contributed by atoms with Crippen LogP contribution in [0, 0.1) is 11.3 Å². The molecule has 1 aromatic heterocycles. The molecule has 2 heterocycles. The normalized spacial score (nSPS) is 17.8. The van der Waals surface area contributed by atoms with E-state index in [-0.39, 0.29) is 10.9 Å². The lowest BCUT2D eigenvalue weighted by atomic mass is 9.96. The van der Waals surface area contributed by atoms with Crippen molar-refractivity contribution in [2.45, 2.75) is 49.5 Å². The molecule has 1 fully saturated rings. The minimum Gasteiger partial charge on any atom is -0.355 e. The summed E-state index contributed by atoms with van der Waals surface area (Å²) < 4.78 is 28.0. The Morgan fingerprint density at radius 2 is 1.89 bits per heavy atom. The lowest BCUT2D eigenvalue weighted by molar-refractivity contribution is 0.457. The monoisotopic (exact) mass is 397 g/mol. The standard InChI is InChI=1S/C20H23N5O2S/c21-14-15-4-3-6-18(12-15)28(26,27)24-17-8-10-25(11-9-17)20-13-16-5-1-2-7-19(16)22-23-20/h3-4,6,12-13,17,24H,1-2,5,7-11H2. The molecule has 0 spiro atoms. The molecule has 0 amide bonds. The second-order valence-corrected chi connectivity index (χ2v) is 9.12. The van der Waals surface area contributed by atoms with Crippen LogP contribution in [0.4, 0.5) is 5.82 Å². The van der Waals surface area contributed by atoms with E-state index in [1.807, 2.05) is 6.07 Å². The van der Waals surface area contributed by atoms with Crippen LogP contribution in [-0.4, -0.2) is 37.7 Å². The maximum Gasteiger partial charge on any atom is 0.240 e. The van der Waals surface area contributed by atoms with Gasteiger partial charge in [0, 0.05) is 19.1 Å². The summed E-state index contributed by atoms with van der Waals surface area (Å²) in [6.45, 7) is 1.47. The van der Waals surface area contributed by atoms with Crippen molar-refractivity contribution < 1.29 is 8.42 Å². The molecule has 1 saturated heterocycles. The molecule has 2 aliphatic rings. The molecule has 2 aromatic rings. The number of aryl methyl sites for hydroxylation is 2. The molecule has 1 N–H and O–H groups in total. The van der Waals surface area contributed by atoms with Gasteiger partial charge in [-0.25, -0.2) is 13.1 Å². The van der Waals surface area contributed by atoms with Gasteiger partial charge in [0.05, 0.1) is 22.2 Å². The summed E-state index contributed by atoms with van der Waals surface area (Å²) in [6, 6.07) is 10.1. The summed E-state index contributed by atoms with van der Waals surface area (Å²) in [7, 11) is -3.63. The Hall–Kier alpha value is -2.50. The van der Waals surface area contributed by atoms with E-state index >= 15 is 0 Å². The van der Waals surface area contributed by atoms with Crippen molar-refractivity contribution >= 4 is 15.8 Å². The Bertz CT molecular complexity index is 1010. The fraction of sp³-hybridized carbons (Fsp3) is 0.450. The first-order valence-electron chi connectivity index (χ1n) is 9.68. The van der Waals surface area contributed by atoms with Crippen LogP contribution < -0.4 is 9.62 Å². The summed E-state index contributed by atoms with van der Waals surface area (Å²) in [5.74, 6) is 0.892. The summed E-state index contributed by atoms with van der Waals surface area (Å²) in [4.78, 5) is 2.32. The van der Waals surface area contributed by atoms with E-state index in [0.29, 0.717) is 18.4 Å². The number of sulfonamides is 1. The van der Waals surface area contributed by atoms with E-state index in [4.69, 9.17) is 5.26 Å². The average molecular weight is 398 g/mol. The SMILES string of the molecule is N#Cc1cccc(S(=O)(=O)NC2CCN(c3cc4c(nn3)CCCC4)CC2)c1. The molecule has 0 saturated carbocycles. The molecule has 1 aliphatic heterocycles. The number of hydrogen-bond acceptors (Lipinski definition) is 6. The number of anilines is 1. The van der Waals surface area contributed by atoms with Gasteiger partial charge in [-0.1, -0.05) is 6.07 Å². The number of aromatic nitrogens is 2. The van der Waals surface area contributed by atoms with Crippen molar-refractivity contribution in [3.8, 4) is 6.07 Å². The molecule has 0 radical (unpaired) electrons. The molecule has 1 aromatic carbocycles. The topological polar surface area (TPSA) is 99.0 Å². The van der Waals surface area contributed by atoms with Crippen LogP contribution in [0.3, 0.4) is 0 Å². The van der Waals surface area contributed by atoms with Gasteiger partial charge in [0.15, 0.2) is 5.82 Å². The minimum absolute atomic E-state index is 0.127. The van der Waals surface area contributed by atoms with Crippen molar-refractivity contribution in [2.75, 3.05) is 18.0 Å². The Morgan fingerprint density at radius 3 is 2.68 bits per heavy atom. The van der Waals surface area contributed by atoms with Crippen LogP contribution in [0.1, 0.15) is 42.5 Å². The lowest BCUT2D eigenvalue weighted by Crippen LogP contribution is -2.45. The molecular formula is C20H23N5O2S. The van der Waals surface area contributed by atoms with E-state index in [1.165, 1.54) is 30.5 Å². The molecule has 28 heavy (non-hydrogen) atoms. The summed E-state index contributed by atoms with van der Waals surface area (Å²) in [6.07, 6.45) is 5.88. The fourth-order valence-corrected chi connectivity index (χ4v) is 5.23. The van der Waals surface area contributed by atoms with E-state index in [1.54, 1.807) is 12.1 Å².